The maximum Gasteiger partial charge on any atom is 0.358 e. The zero-order chi connectivity index (χ0) is 18.0. The fourth-order valence-electron chi connectivity index (χ4n) is 2.62. The number of carboxylic acids is 1. The Morgan fingerprint density at radius 1 is 1.16 bits per heavy atom. The van der Waals surface area contributed by atoms with Gasteiger partial charge >= 0.3 is 5.97 Å². The minimum absolute atomic E-state index is 0.238. The van der Waals surface area contributed by atoms with Gasteiger partial charge in [-0.15, -0.1) is 0 Å². The van der Waals surface area contributed by atoms with Crippen LogP contribution in [0.15, 0.2) is 52.1 Å². The summed E-state index contributed by atoms with van der Waals surface area (Å²) in [7, 11) is 0. The molecule has 2 N–H and O–H groups in total. The number of fused-ring (bicyclic) bond motifs is 1. The number of carbonyl (C=O) groups is 2. The molecule has 3 rings (SSSR count). The molecule has 3 aromatic rings. The van der Waals surface area contributed by atoms with Crippen molar-refractivity contribution >= 4 is 28.4 Å². The molecule has 0 saturated carbocycles. The smallest absolute Gasteiger partial charge is 0.358 e. The molecule has 7 heteroatoms. The van der Waals surface area contributed by atoms with Crippen molar-refractivity contribution in [2.45, 2.75) is 13.8 Å². The number of hydrogen-bond acceptors (Lipinski definition) is 5. The van der Waals surface area contributed by atoms with Crippen LogP contribution in [0.2, 0.25) is 0 Å². The van der Waals surface area contributed by atoms with E-state index in [4.69, 9.17) is 9.63 Å². The predicted molar refractivity (Wildman–Crippen MR) is 91.8 cm³/mol. The van der Waals surface area contributed by atoms with Crippen LogP contribution >= 0.6 is 0 Å². The highest BCUT2D eigenvalue weighted by Gasteiger charge is 2.21. The standard InChI is InChI=1S/C18H15N3O4/c1-10(15-11(2)25-21-16(15)18(23)24)19-20-17(22)14-9-5-7-12-6-3-4-8-13(12)14/h3-9H,1-2H3,(H,20,22)(H,23,24)/b19-10+. The van der Waals surface area contributed by atoms with Crippen molar-refractivity contribution in [3.63, 3.8) is 0 Å². The molecule has 0 aliphatic heterocycles. The number of hydrogen-bond donors (Lipinski definition) is 2. The van der Waals surface area contributed by atoms with Gasteiger partial charge in [-0.2, -0.15) is 5.10 Å². The molecule has 0 bridgehead atoms. The first kappa shape index (κ1) is 16.4. The summed E-state index contributed by atoms with van der Waals surface area (Å²) in [6.45, 7) is 3.16. The number of aromatic nitrogens is 1. The third kappa shape index (κ3) is 3.12. The third-order valence-electron chi connectivity index (χ3n) is 3.79. The highest BCUT2D eigenvalue weighted by molar-refractivity contribution is 6.09. The molecule has 0 atom stereocenters. The number of hydrazone groups is 1. The Morgan fingerprint density at radius 2 is 1.88 bits per heavy atom. The van der Waals surface area contributed by atoms with Crippen LogP contribution in [0.3, 0.4) is 0 Å². The van der Waals surface area contributed by atoms with Crippen LogP contribution in [0.1, 0.15) is 39.1 Å². The lowest BCUT2D eigenvalue weighted by Crippen LogP contribution is -2.20. The van der Waals surface area contributed by atoms with Crippen molar-refractivity contribution in [3.05, 3.63) is 65.0 Å². The van der Waals surface area contributed by atoms with Gasteiger partial charge < -0.3 is 9.63 Å². The Kier molecular flexibility index (Phi) is 4.30. The molecule has 2 aromatic carbocycles. The van der Waals surface area contributed by atoms with Crippen molar-refractivity contribution in [2.24, 2.45) is 5.10 Å². The van der Waals surface area contributed by atoms with E-state index in [1.165, 1.54) is 0 Å². The van der Waals surface area contributed by atoms with Gasteiger partial charge in [0.25, 0.3) is 5.91 Å². The van der Waals surface area contributed by atoms with Crippen LogP contribution < -0.4 is 5.43 Å². The van der Waals surface area contributed by atoms with Crippen LogP contribution in [0.25, 0.3) is 10.8 Å². The van der Waals surface area contributed by atoms with E-state index in [1.807, 2.05) is 30.3 Å². The Hall–Kier alpha value is -3.48. The summed E-state index contributed by atoms with van der Waals surface area (Å²) in [6, 6.07) is 12.9. The van der Waals surface area contributed by atoms with E-state index < -0.39 is 5.97 Å². The van der Waals surface area contributed by atoms with Crippen LogP contribution in [-0.4, -0.2) is 27.9 Å². The average molecular weight is 337 g/mol. The predicted octanol–water partition coefficient (Wildman–Crippen LogP) is 2.99. The highest BCUT2D eigenvalue weighted by atomic mass is 16.5. The summed E-state index contributed by atoms with van der Waals surface area (Å²) >= 11 is 0. The van der Waals surface area contributed by atoms with Crippen molar-refractivity contribution in [1.29, 1.82) is 0 Å². The SMILES string of the molecule is C/C(=N\NC(=O)c1cccc2ccccc12)c1c(C(=O)O)noc1C. The fourth-order valence-corrected chi connectivity index (χ4v) is 2.62. The van der Waals surface area contributed by atoms with Gasteiger partial charge in [0.2, 0.25) is 5.69 Å². The number of aryl methyl sites for hydroxylation is 1. The molecular formula is C18H15N3O4. The minimum atomic E-state index is -1.22. The number of carboxylic acid groups (broad SMARTS) is 1. The molecule has 0 radical (unpaired) electrons. The van der Waals surface area contributed by atoms with E-state index in [0.717, 1.165) is 10.8 Å². The molecule has 0 unspecified atom stereocenters. The highest BCUT2D eigenvalue weighted by Crippen LogP contribution is 2.18. The lowest BCUT2D eigenvalue weighted by atomic mass is 10.0. The number of nitrogens with one attached hydrogen (secondary N) is 1. The molecular weight excluding hydrogens is 322 g/mol. The quantitative estimate of drug-likeness (QED) is 0.562. The number of amides is 1. The van der Waals surface area contributed by atoms with Crippen molar-refractivity contribution in [3.8, 4) is 0 Å². The maximum absolute atomic E-state index is 12.5. The zero-order valence-electron chi connectivity index (χ0n) is 13.6. The number of nitrogens with zero attached hydrogens (tertiary/aromatic N) is 2. The van der Waals surface area contributed by atoms with Gasteiger partial charge in [0.1, 0.15) is 5.76 Å². The molecule has 0 saturated heterocycles. The molecule has 0 aliphatic rings. The minimum Gasteiger partial charge on any atom is -0.476 e. The lowest BCUT2D eigenvalue weighted by Gasteiger charge is -2.06. The van der Waals surface area contributed by atoms with Crippen molar-refractivity contribution in [1.82, 2.24) is 10.6 Å². The molecule has 126 valence electrons. The monoisotopic (exact) mass is 337 g/mol. The van der Waals surface area contributed by atoms with Crippen molar-refractivity contribution in [2.75, 3.05) is 0 Å². The molecule has 25 heavy (non-hydrogen) atoms. The van der Waals surface area contributed by atoms with Crippen LogP contribution in [0.5, 0.6) is 0 Å². The van der Waals surface area contributed by atoms with E-state index >= 15 is 0 Å². The molecule has 1 aromatic heterocycles. The van der Waals surface area contributed by atoms with Gasteiger partial charge in [-0.05, 0) is 30.7 Å². The second kappa shape index (κ2) is 6.56. The van der Waals surface area contributed by atoms with E-state index in [2.05, 4.69) is 15.7 Å². The van der Waals surface area contributed by atoms with E-state index in [1.54, 1.807) is 26.0 Å². The van der Waals surface area contributed by atoms with Gasteiger partial charge in [-0.3, -0.25) is 4.79 Å². The Morgan fingerprint density at radius 3 is 2.64 bits per heavy atom. The molecule has 1 amide bonds. The number of benzene rings is 2. The van der Waals surface area contributed by atoms with Crippen LogP contribution in [0.4, 0.5) is 0 Å². The first-order valence-corrected chi connectivity index (χ1v) is 7.51. The van der Waals surface area contributed by atoms with Gasteiger partial charge in [0.15, 0.2) is 0 Å². The largest absolute Gasteiger partial charge is 0.476 e. The van der Waals surface area contributed by atoms with Gasteiger partial charge in [-0.25, -0.2) is 10.2 Å². The summed E-state index contributed by atoms with van der Waals surface area (Å²) in [5.41, 5.74) is 3.25. The van der Waals surface area contributed by atoms with E-state index in [0.29, 0.717) is 17.0 Å². The first-order valence-electron chi connectivity index (χ1n) is 7.51. The molecule has 0 fully saturated rings. The summed E-state index contributed by atoms with van der Waals surface area (Å²) in [5, 5.41) is 18.4. The van der Waals surface area contributed by atoms with E-state index in [9.17, 15) is 9.59 Å². The molecule has 7 nitrogen and oxygen atoms in total. The molecule has 0 aliphatic carbocycles. The van der Waals surface area contributed by atoms with Crippen LogP contribution in [-0.2, 0) is 0 Å². The molecule has 1 heterocycles. The maximum atomic E-state index is 12.5. The number of carbonyl (C=O) groups excluding carboxylic acids is 1. The second-order valence-corrected chi connectivity index (χ2v) is 5.43. The second-order valence-electron chi connectivity index (χ2n) is 5.43. The summed E-state index contributed by atoms with van der Waals surface area (Å²) in [4.78, 5) is 23.6. The Labute approximate surface area is 142 Å². The Bertz CT molecular complexity index is 999. The lowest BCUT2D eigenvalue weighted by molar-refractivity contribution is 0.0685. The number of aromatic carboxylic acids is 1. The zero-order valence-corrected chi connectivity index (χ0v) is 13.6. The topological polar surface area (TPSA) is 105 Å². The Balaban J connectivity index is 1.90. The fraction of sp³-hybridized carbons (Fsp3) is 0.111. The van der Waals surface area contributed by atoms with Gasteiger partial charge in [-0.1, -0.05) is 41.6 Å². The summed E-state index contributed by atoms with van der Waals surface area (Å²) in [6.07, 6.45) is 0. The summed E-state index contributed by atoms with van der Waals surface area (Å²) in [5.74, 6) is -1.29. The third-order valence-corrected chi connectivity index (χ3v) is 3.79. The van der Waals surface area contributed by atoms with Gasteiger partial charge in [0.05, 0.1) is 11.3 Å². The van der Waals surface area contributed by atoms with Gasteiger partial charge in [0, 0.05) is 5.56 Å². The van der Waals surface area contributed by atoms with Crippen molar-refractivity contribution < 1.29 is 19.2 Å². The van der Waals surface area contributed by atoms with Crippen LogP contribution in [0, 0.1) is 6.92 Å². The normalized spacial score (nSPS) is 11.5. The summed E-state index contributed by atoms with van der Waals surface area (Å²) < 4.78 is 4.90. The van der Waals surface area contributed by atoms with E-state index in [-0.39, 0.29) is 17.2 Å². The molecule has 0 spiro atoms. The average Bonchev–Trinajstić information content (AvgIpc) is 3.00. The first-order chi connectivity index (χ1) is 12.0. The number of rotatable bonds is 4.